The molecular formula is C7H5F2NO2S. The molecule has 0 aliphatic carbocycles. The van der Waals surface area contributed by atoms with Gasteiger partial charge in [-0.15, -0.1) is 0 Å². The zero-order valence-corrected chi connectivity index (χ0v) is 7.18. The highest BCUT2D eigenvalue weighted by Crippen LogP contribution is 2.21. The number of benzene rings is 1. The summed E-state index contributed by atoms with van der Waals surface area (Å²) in [6.45, 7) is 0. The van der Waals surface area contributed by atoms with Crippen molar-refractivity contribution in [3.8, 4) is 0 Å². The molecule has 0 bridgehead atoms. The lowest BCUT2D eigenvalue weighted by Gasteiger charge is -1.98. The van der Waals surface area contributed by atoms with E-state index in [4.69, 9.17) is 0 Å². The van der Waals surface area contributed by atoms with E-state index in [2.05, 4.69) is 0 Å². The van der Waals surface area contributed by atoms with Crippen LogP contribution < -0.4 is 0 Å². The van der Waals surface area contributed by atoms with E-state index >= 15 is 0 Å². The zero-order valence-electron chi connectivity index (χ0n) is 6.37. The number of nitro groups is 1. The zero-order chi connectivity index (χ0) is 9.84. The number of halogens is 2. The minimum absolute atomic E-state index is 0.0816. The number of nitrogens with zero attached hydrogens (tertiary/aromatic N) is 1. The smallest absolute Gasteiger partial charge is 0.253 e. The predicted octanol–water partition coefficient (Wildman–Crippen LogP) is 2.29. The highest BCUT2D eigenvalue weighted by molar-refractivity contribution is 7.99. The molecule has 0 atom stereocenters. The summed E-state index contributed by atoms with van der Waals surface area (Å²) in [6, 6.07) is 2.94. The quantitative estimate of drug-likeness (QED) is 0.329. The van der Waals surface area contributed by atoms with Crippen LogP contribution in [0.15, 0.2) is 23.1 Å². The van der Waals surface area contributed by atoms with Crippen molar-refractivity contribution >= 4 is 11.8 Å². The molecule has 0 saturated carbocycles. The van der Waals surface area contributed by atoms with E-state index in [0.29, 0.717) is 6.07 Å². The molecule has 1 aromatic carbocycles. The maximum absolute atomic E-state index is 12.8. The maximum Gasteiger partial charge on any atom is 0.253 e. The molecule has 0 fully saturated rings. The summed E-state index contributed by atoms with van der Waals surface area (Å²) in [6.07, 6.45) is 0. The third-order valence-electron chi connectivity index (χ3n) is 1.22. The average Bonchev–Trinajstić information content (AvgIpc) is 2.02. The molecule has 0 N–H and O–H groups in total. The fourth-order valence-electron chi connectivity index (χ4n) is 0.715. The SMILES string of the molecule is O=[N+]([O-])CSc1ccc(F)cc1F. The van der Waals surface area contributed by atoms with Crippen molar-refractivity contribution in [2.45, 2.75) is 4.90 Å². The predicted molar refractivity (Wildman–Crippen MR) is 44.1 cm³/mol. The van der Waals surface area contributed by atoms with Gasteiger partial charge in [0.25, 0.3) is 5.88 Å². The first kappa shape index (κ1) is 9.91. The van der Waals surface area contributed by atoms with Gasteiger partial charge in [0.15, 0.2) is 0 Å². The van der Waals surface area contributed by atoms with Gasteiger partial charge in [-0.2, -0.15) is 0 Å². The lowest BCUT2D eigenvalue weighted by molar-refractivity contribution is -0.456. The van der Waals surface area contributed by atoms with Gasteiger partial charge in [0, 0.05) is 15.9 Å². The molecule has 70 valence electrons. The fraction of sp³-hybridized carbons (Fsp3) is 0.143. The molecule has 0 spiro atoms. The monoisotopic (exact) mass is 205 g/mol. The van der Waals surface area contributed by atoms with Gasteiger partial charge >= 0.3 is 0 Å². The second kappa shape index (κ2) is 4.18. The number of hydrogen-bond donors (Lipinski definition) is 0. The van der Waals surface area contributed by atoms with Crippen molar-refractivity contribution in [1.82, 2.24) is 0 Å². The van der Waals surface area contributed by atoms with Gasteiger partial charge in [-0.1, -0.05) is 0 Å². The Hall–Kier alpha value is -1.17. The van der Waals surface area contributed by atoms with Gasteiger partial charge in [-0.25, -0.2) is 8.78 Å². The van der Waals surface area contributed by atoms with Gasteiger partial charge in [-0.3, -0.25) is 10.1 Å². The molecule has 0 aromatic heterocycles. The minimum atomic E-state index is -0.771. The first-order chi connectivity index (χ1) is 6.09. The van der Waals surface area contributed by atoms with Crippen LogP contribution in [0, 0.1) is 21.7 Å². The van der Waals surface area contributed by atoms with Crippen LogP contribution in [-0.2, 0) is 0 Å². The summed E-state index contributed by atoms with van der Waals surface area (Å²) in [4.78, 5) is 9.44. The van der Waals surface area contributed by atoms with Crippen LogP contribution in [0.5, 0.6) is 0 Å². The molecule has 0 aliphatic heterocycles. The van der Waals surface area contributed by atoms with Crippen LogP contribution >= 0.6 is 11.8 Å². The van der Waals surface area contributed by atoms with Crippen LogP contribution in [0.2, 0.25) is 0 Å². The van der Waals surface area contributed by atoms with Gasteiger partial charge < -0.3 is 0 Å². The maximum atomic E-state index is 12.8. The molecule has 1 aromatic rings. The molecule has 0 unspecified atom stereocenters. The fourth-order valence-corrected chi connectivity index (χ4v) is 1.32. The minimum Gasteiger partial charge on any atom is -0.264 e. The first-order valence-electron chi connectivity index (χ1n) is 3.29. The van der Waals surface area contributed by atoms with Crippen LogP contribution in [0.4, 0.5) is 8.78 Å². The molecule has 1 rings (SSSR count). The summed E-state index contributed by atoms with van der Waals surface area (Å²) < 4.78 is 25.2. The highest BCUT2D eigenvalue weighted by atomic mass is 32.2. The van der Waals surface area contributed by atoms with Crippen molar-refractivity contribution in [2.24, 2.45) is 0 Å². The van der Waals surface area contributed by atoms with E-state index in [1.807, 2.05) is 0 Å². The average molecular weight is 205 g/mol. The number of rotatable bonds is 3. The van der Waals surface area contributed by atoms with Crippen LogP contribution in [-0.4, -0.2) is 10.8 Å². The second-order valence-corrected chi connectivity index (χ2v) is 3.17. The molecular weight excluding hydrogens is 200 g/mol. The van der Waals surface area contributed by atoms with Crippen molar-refractivity contribution in [1.29, 1.82) is 0 Å². The Morgan fingerprint density at radius 2 is 2.15 bits per heavy atom. The Labute approximate surface area is 76.9 Å². The molecule has 6 heteroatoms. The van der Waals surface area contributed by atoms with Crippen molar-refractivity contribution in [3.05, 3.63) is 39.9 Å². The Bertz CT molecular complexity index is 332. The summed E-state index contributed by atoms with van der Waals surface area (Å²) in [5.74, 6) is -1.89. The lowest BCUT2D eigenvalue weighted by Crippen LogP contribution is -1.96. The van der Waals surface area contributed by atoms with E-state index in [1.54, 1.807) is 0 Å². The molecule has 0 amide bonds. The van der Waals surface area contributed by atoms with E-state index in [0.717, 1.165) is 17.8 Å². The summed E-state index contributed by atoms with van der Waals surface area (Å²) >= 11 is 0.723. The summed E-state index contributed by atoms with van der Waals surface area (Å²) in [7, 11) is 0. The van der Waals surface area contributed by atoms with E-state index in [1.165, 1.54) is 6.07 Å². The topological polar surface area (TPSA) is 43.1 Å². The first-order valence-corrected chi connectivity index (χ1v) is 4.28. The van der Waals surface area contributed by atoms with Crippen molar-refractivity contribution < 1.29 is 13.7 Å². The van der Waals surface area contributed by atoms with Crippen molar-refractivity contribution in [3.63, 3.8) is 0 Å². The van der Waals surface area contributed by atoms with Crippen LogP contribution in [0.3, 0.4) is 0 Å². The number of thioether (sulfide) groups is 1. The van der Waals surface area contributed by atoms with Crippen LogP contribution in [0.25, 0.3) is 0 Å². The normalized spacial score (nSPS) is 10.0. The molecule has 13 heavy (non-hydrogen) atoms. The third-order valence-corrected chi connectivity index (χ3v) is 2.20. The summed E-state index contributed by atoms with van der Waals surface area (Å²) in [5.41, 5.74) is 0. The van der Waals surface area contributed by atoms with Gasteiger partial charge in [-0.05, 0) is 23.9 Å². The van der Waals surface area contributed by atoms with Crippen molar-refractivity contribution in [2.75, 3.05) is 5.88 Å². The molecule has 0 heterocycles. The van der Waals surface area contributed by atoms with Gasteiger partial charge in [0.05, 0.1) is 0 Å². The number of hydrogen-bond acceptors (Lipinski definition) is 3. The molecule has 3 nitrogen and oxygen atoms in total. The van der Waals surface area contributed by atoms with Gasteiger partial charge in [0.2, 0.25) is 0 Å². The Kier molecular flexibility index (Phi) is 3.18. The molecule has 0 saturated heterocycles. The van der Waals surface area contributed by atoms with E-state index < -0.39 is 22.4 Å². The highest BCUT2D eigenvalue weighted by Gasteiger charge is 2.07. The molecule has 0 aliphatic rings. The largest absolute Gasteiger partial charge is 0.264 e. The Balaban J connectivity index is 2.72. The van der Waals surface area contributed by atoms with Crippen LogP contribution in [0.1, 0.15) is 0 Å². The van der Waals surface area contributed by atoms with E-state index in [-0.39, 0.29) is 4.90 Å². The second-order valence-electron chi connectivity index (χ2n) is 2.18. The molecule has 0 radical (unpaired) electrons. The lowest BCUT2D eigenvalue weighted by atomic mass is 10.3. The Morgan fingerprint density at radius 1 is 1.46 bits per heavy atom. The van der Waals surface area contributed by atoms with E-state index in [9.17, 15) is 18.9 Å². The van der Waals surface area contributed by atoms with Gasteiger partial charge in [0.1, 0.15) is 11.6 Å². The standard InChI is InChI=1S/C7H5F2NO2S/c8-5-1-2-7(6(9)3-5)13-4-10(11)12/h1-3H,4H2. The summed E-state index contributed by atoms with van der Waals surface area (Å²) in [5, 5.41) is 9.94. The third kappa shape index (κ3) is 2.98. The Morgan fingerprint density at radius 3 is 2.69 bits per heavy atom.